The smallest absolute Gasteiger partial charge is 0.270 e. The highest BCUT2D eigenvalue weighted by molar-refractivity contribution is 8.32. The lowest BCUT2D eigenvalue weighted by molar-refractivity contribution is -0.119. The van der Waals surface area contributed by atoms with Crippen LogP contribution in [0.5, 0.6) is 0 Å². The molecule has 2 amide bonds. The summed E-state index contributed by atoms with van der Waals surface area (Å²) in [6.45, 7) is 5.53. The molecule has 3 aromatic rings. The molecule has 0 aromatic carbocycles. The number of ether oxygens (including phenoxy) is 1. The molecule has 0 radical (unpaired) electrons. The molecule has 0 aliphatic heterocycles. The van der Waals surface area contributed by atoms with Crippen LogP contribution in [0.1, 0.15) is 60.5 Å². The van der Waals surface area contributed by atoms with E-state index in [0.717, 1.165) is 37.1 Å². The van der Waals surface area contributed by atoms with Gasteiger partial charge in [-0.1, -0.05) is 0 Å². The molecule has 0 spiro atoms. The number of carbonyl (C=O) groups is 2. The SMILES string of the molecule is Cc1nn(COCCS(C)(C)C)c(C)c1-c1ccc(NC(=O)C(NC(=O)c2ccnn2C(C)CF)C(C2CC2)C2CC2)nc1F. The lowest BCUT2D eigenvalue weighted by Gasteiger charge is -2.27. The Bertz CT molecular complexity index is 1520. The van der Waals surface area contributed by atoms with Gasteiger partial charge in [0.2, 0.25) is 11.9 Å². The summed E-state index contributed by atoms with van der Waals surface area (Å²) in [6, 6.07) is 3.19. The van der Waals surface area contributed by atoms with Crippen LogP contribution in [0.2, 0.25) is 0 Å². The molecule has 3 aromatic heterocycles. The van der Waals surface area contributed by atoms with E-state index in [1.807, 2.05) is 13.8 Å². The lowest BCUT2D eigenvalue weighted by Crippen LogP contribution is -2.50. The molecule has 0 saturated heterocycles. The predicted molar refractivity (Wildman–Crippen MR) is 173 cm³/mol. The first kappa shape index (κ1) is 33.1. The van der Waals surface area contributed by atoms with E-state index >= 15 is 4.39 Å². The van der Waals surface area contributed by atoms with Crippen molar-refractivity contribution in [2.24, 2.45) is 17.8 Å². The van der Waals surface area contributed by atoms with Gasteiger partial charge in [0.05, 0.1) is 18.3 Å². The highest BCUT2D eigenvalue weighted by Crippen LogP contribution is 2.51. The Morgan fingerprint density at radius 2 is 1.80 bits per heavy atom. The number of aryl methyl sites for hydroxylation is 1. The van der Waals surface area contributed by atoms with Crippen LogP contribution in [0.15, 0.2) is 24.4 Å². The van der Waals surface area contributed by atoms with Crippen molar-refractivity contribution in [3.05, 3.63) is 47.4 Å². The summed E-state index contributed by atoms with van der Waals surface area (Å²) >= 11 is 0. The average Bonchev–Trinajstić information content (AvgIpc) is 3.92. The minimum Gasteiger partial charge on any atom is -0.358 e. The summed E-state index contributed by atoms with van der Waals surface area (Å²) in [5.74, 6) is -0.0324. The third kappa shape index (κ3) is 7.92. The van der Waals surface area contributed by atoms with Crippen molar-refractivity contribution >= 4 is 27.7 Å². The number of hydrogen-bond donors (Lipinski definition) is 2. The number of aromatic nitrogens is 5. The number of alkyl halides is 1. The van der Waals surface area contributed by atoms with Crippen LogP contribution in [-0.4, -0.2) is 80.2 Å². The molecule has 2 aliphatic carbocycles. The molecule has 45 heavy (non-hydrogen) atoms. The van der Waals surface area contributed by atoms with Crippen molar-refractivity contribution in [2.75, 3.05) is 43.1 Å². The third-order valence-electron chi connectivity index (χ3n) is 8.63. The molecule has 2 N–H and O–H groups in total. The number of rotatable bonds is 15. The van der Waals surface area contributed by atoms with Gasteiger partial charge in [0, 0.05) is 28.8 Å². The normalized spacial score (nSPS) is 16.9. The van der Waals surface area contributed by atoms with Gasteiger partial charge in [-0.2, -0.15) is 14.6 Å². The van der Waals surface area contributed by atoms with E-state index in [-0.39, 0.29) is 29.7 Å². The minimum atomic E-state index is -0.853. The fraction of sp³-hybridized carbons (Fsp3) is 0.594. The Morgan fingerprint density at radius 1 is 1.11 bits per heavy atom. The van der Waals surface area contributed by atoms with Gasteiger partial charge >= 0.3 is 0 Å². The maximum absolute atomic E-state index is 15.5. The number of pyridine rings is 1. The van der Waals surface area contributed by atoms with Crippen LogP contribution in [0, 0.1) is 37.5 Å². The number of anilines is 1. The van der Waals surface area contributed by atoms with Gasteiger partial charge in [-0.3, -0.25) is 14.3 Å². The number of amides is 2. The second kappa shape index (κ2) is 13.6. The lowest BCUT2D eigenvalue weighted by atomic mass is 9.88. The standard InChI is InChI=1S/C32H45F2N7O3S/c1-19(17-33)41-25(13-14-35-41)31(42)38-29(28(22-7-8-22)23-9-10-23)32(43)37-26-12-11-24(30(34)36-26)27-20(2)39-40(21(27)3)18-44-15-16-45(4,5)6/h11-14,19,22-23,28-29H,7-10,15-18H2,1-6H3,(H,38,42)(H,36,37,43). The van der Waals surface area contributed by atoms with Crippen molar-refractivity contribution in [1.82, 2.24) is 29.9 Å². The first-order chi connectivity index (χ1) is 21.4. The van der Waals surface area contributed by atoms with E-state index in [4.69, 9.17) is 4.74 Å². The van der Waals surface area contributed by atoms with Crippen molar-refractivity contribution in [3.63, 3.8) is 0 Å². The van der Waals surface area contributed by atoms with E-state index in [2.05, 4.69) is 44.6 Å². The average molecular weight is 646 g/mol. The van der Waals surface area contributed by atoms with Crippen molar-refractivity contribution in [2.45, 2.75) is 65.3 Å². The second-order valence-corrected chi connectivity index (χ2v) is 17.9. The predicted octanol–water partition coefficient (Wildman–Crippen LogP) is 5.27. The number of carbonyl (C=O) groups excluding carboxylic acids is 2. The number of hydrogen-bond acceptors (Lipinski definition) is 6. The molecule has 2 saturated carbocycles. The largest absolute Gasteiger partial charge is 0.358 e. The first-order valence-electron chi connectivity index (χ1n) is 15.5. The van der Waals surface area contributed by atoms with Gasteiger partial charge in [-0.25, -0.2) is 24.1 Å². The molecule has 2 unspecified atom stereocenters. The van der Waals surface area contributed by atoms with Crippen LogP contribution in [-0.2, 0) is 16.3 Å². The molecule has 3 heterocycles. The van der Waals surface area contributed by atoms with E-state index < -0.39 is 46.5 Å². The molecular formula is C32H45F2N7O3S. The van der Waals surface area contributed by atoms with Gasteiger partial charge in [0.25, 0.3) is 5.91 Å². The fourth-order valence-electron chi connectivity index (χ4n) is 5.92. The highest BCUT2D eigenvalue weighted by atomic mass is 32.3. The molecular weight excluding hydrogens is 600 g/mol. The summed E-state index contributed by atoms with van der Waals surface area (Å²) in [7, 11) is -0.667. The maximum Gasteiger partial charge on any atom is 0.270 e. The fourth-order valence-corrected chi connectivity index (χ4v) is 6.54. The zero-order valence-corrected chi connectivity index (χ0v) is 27.8. The van der Waals surface area contributed by atoms with E-state index in [1.54, 1.807) is 23.7 Å². The summed E-state index contributed by atoms with van der Waals surface area (Å²) in [5.41, 5.74) is 2.51. The quantitative estimate of drug-likeness (QED) is 0.172. The van der Waals surface area contributed by atoms with E-state index in [1.165, 1.54) is 16.9 Å². The molecule has 2 atom stereocenters. The molecule has 10 nitrogen and oxygen atoms in total. The molecule has 13 heteroatoms. The molecule has 246 valence electrons. The van der Waals surface area contributed by atoms with Crippen LogP contribution < -0.4 is 10.6 Å². The zero-order chi connectivity index (χ0) is 32.5. The summed E-state index contributed by atoms with van der Waals surface area (Å²) < 4.78 is 37.8. The molecule has 5 rings (SSSR count). The van der Waals surface area contributed by atoms with Gasteiger partial charge in [0.15, 0.2) is 0 Å². The monoisotopic (exact) mass is 645 g/mol. The Labute approximate surface area is 265 Å². The second-order valence-electron chi connectivity index (χ2n) is 13.3. The molecule has 2 fully saturated rings. The minimum absolute atomic E-state index is 0.0452. The molecule has 2 aliphatic rings. The summed E-state index contributed by atoms with van der Waals surface area (Å²) in [5, 5.41) is 14.3. The molecule has 0 bridgehead atoms. The number of nitrogens with one attached hydrogen (secondary N) is 2. The Balaban J connectivity index is 1.32. The van der Waals surface area contributed by atoms with Crippen molar-refractivity contribution in [3.8, 4) is 11.1 Å². The topological polar surface area (TPSA) is 116 Å². The van der Waals surface area contributed by atoms with Crippen molar-refractivity contribution in [1.29, 1.82) is 0 Å². The first-order valence-corrected chi connectivity index (χ1v) is 18.6. The number of nitrogens with zero attached hydrogens (tertiary/aromatic N) is 5. The van der Waals surface area contributed by atoms with E-state index in [0.29, 0.717) is 29.7 Å². The summed E-state index contributed by atoms with van der Waals surface area (Å²) in [6.07, 6.45) is 12.1. The number of halogens is 2. The van der Waals surface area contributed by atoms with Gasteiger partial charge in [0.1, 0.15) is 31.0 Å². The van der Waals surface area contributed by atoms with Crippen LogP contribution in [0.25, 0.3) is 11.1 Å². The zero-order valence-electron chi connectivity index (χ0n) is 27.0. The summed E-state index contributed by atoms with van der Waals surface area (Å²) in [4.78, 5) is 31.2. The Kier molecular flexibility index (Phi) is 9.97. The van der Waals surface area contributed by atoms with Gasteiger partial charge in [-0.05, 0) is 101 Å². The van der Waals surface area contributed by atoms with Crippen LogP contribution in [0.3, 0.4) is 0 Å². The van der Waals surface area contributed by atoms with Gasteiger partial charge in [-0.15, -0.1) is 0 Å². The van der Waals surface area contributed by atoms with Crippen LogP contribution >= 0.6 is 10.0 Å². The van der Waals surface area contributed by atoms with Crippen LogP contribution in [0.4, 0.5) is 14.6 Å². The maximum atomic E-state index is 15.5. The van der Waals surface area contributed by atoms with Gasteiger partial charge < -0.3 is 15.4 Å². The van der Waals surface area contributed by atoms with Crippen molar-refractivity contribution < 1.29 is 23.1 Å². The third-order valence-corrected chi connectivity index (χ3v) is 10.0. The Hall–Kier alpha value is -3.32. The highest BCUT2D eigenvalue weighted by Gasteiger charge is 2.48. The van der Waals surface area contributed by atoms with E-state index in [9.17, 15) is 14.0 Å². The Morgan fingerprint density at radius 3 is 2.40 bits per heavy atom.